The molecule has 0 bridgehead atoms. The minimum atomic E-state index is -0.684. The average molecular weight is 198 g/mol. The molecule has 14 heavy (non-hydrogen) atoms. The molecule has 2 rings (SSSR count). The Bertz CT molecular complexity index is 226. The van der Waals surface area contributed by atoms with Gasteiger partial charge in [0.2, 0.25) is 0 Å². The third kappa shape index (κ3) is 1.77. The van der Waals surface area contributed by atoms with Gasteiger partial charge in [-0.3, -0.25) is 9.69 Å². The molecule has 0 amide bonds. The number of carboxylic acids is 1. The molecule has 1 aliphatic heterocycles. The maximum absolute atomic E-state index is 11.0. The number of rotatable bonds is 2. The van der Waals surface area contributed by atoms with Gasteiger partial charge in [-0.1, -0.05) is 6.92 Å². The molecular formula is C10H18N2O2. The Hall–Kier alpha value is -0.610. The van der Waals surface area contributed by atoms with E-state index in [4.69, 9.17) is 5.11 Å². The van der Waals surface area contributed by atoms with Crippen LogP contribution >= 0.6 is 0 Å². The fraction of sp³-hybridized carbons (Fsp3) is 0.900. The zero-order valence-electron chi connectivity index (χ0n) is 8.57. The minimum absolute atomic E-state index is 0.304. The molecule has 1 saturated carbocycles. The van der Waals surface area contributed by atoms with Crippen LogP contribution in [0.2, 0.25) is 0 Å². The summed E-state index contributed by atoms with van der Waals surface area (Å²) < 4.78 is 0. The van der Waals surface area contributed by atoms with Gasteiger partial charge >= 0.3 is 5.97 Å². The van der Waals surface area contributed by atoms with E-state index < -0.39 is 5.97 Å². The molecule has 2 fully saturated rings. The lowest BCUT2D eigenvalue weighted by Crippen LogP contribution is -2.60. The number of piperazine rings is 1. The maximum atomic E-state index is 11.0. The molecule has 4 heteroatoms. The second-order valence-corrected chi connectivity index (χ2v) is 4.53. The number of nitrogens with zero attached hydrogens (tertiary/aromatic N) is 1. The Morgan fingerprint density at radius 2 is 2.21 bits per heavy atom. The first kappa shape index (κ1) is 9.93. The largest absolute Gasteiger partial charge is 0.480 e. The quantitative estimate of drug-likeness (QED) is 0.663. The number of hydrogen-bond acceptors (Lipinski definition) is 3. The average Bonchev–Trinajstić information content (AvgIpc) is 2.13. The van der Waals surface area contributed by atoms with Crippen molar-refractivity contribution in [3.8, 4) is 0 Å². The lowest BCUT2D eigenvalue weighted by Gasteiger charge is -2.46. The third-order valence-electron chi connectivity index (χ3n) is 3.39. The van der Waals surface area contributed by atoms with Gasteiger partial charge in [0.25, 0.3) is 0 Å². The summed E-state index contributed by atoms with van der Waals surface area (Å²) >= 11 is 0. The molecule has 1 aliphatic carbocycles. The van der Waals surface area contributed by atoms with Gasteiger partial charge in [0.05, 0.1) is 0 Å². The first-order chi connectivity index (χ1) is 6.68. The molecule has 1 heterocycles. The van der Waals surface area contributed by atoms with Gasteiger partial charge in [-0.2, -0.15) is 0 Å². The zero-order chi connectivity index (χ0) is 10.1. The first-order valence-electron chi connectivity index (χ1n) is 5.37. The number of hydrogen-bond donors (Lipinski definition) is 2. The van der Waals surface area contributed by atoms with E-state index in [-0.39, 0.29) is 6.04 Å². The highest BCUT2D eigenvalue weighted by molar-refractivity contribution is 5.74. The summed E-state index contributed by atoms with van der Waals surface area (Å²) in [5.41, 5.74) is 0. The smallest absolute Gasteiger partial charge is 0.322 e. The van der Waals surface area contributed by atoms with Crippen LogP contribution in [-0.4, -0.2) is 47.7 Å². The van der Waals surface area contributed by atoms with Crippen molar-refractivity contribution in [1.29, 1.82) is 0 Å². The van der Waals surface area contributed by atoms with Crippen LogP contribution in [0.25, 0.3) is 0 Å². The van der Waals surface area contributed by atoms with E-state index in [1.165, 1.54) is 12.8 Å². The van der Waals surface area contributed by atoms with E-state index in [1.54, 1.807) is 0 Å². The summed E-state index contributed by atoms with van der Waals surface area (Å²) in [5, 5.41) is 12.2. The Morgan fingerprint density at radius 3 is 2.79 bits per heavy atom. The first-order valence-corrected chi connectivity index (χ1v) is 5.37. The van der Waals surface area contributed by atoms with Crippen LogP contribution in [0, 0.1) is 5.92 Å². The Morgan fingerprint density at radius 1 is 1.50 bits per heavy atom. The molecule has 1 saturated heterocycles. The highest BCUT2D eigenvalue weighted by atomic mass is 16.4. The molecule has 4 nitrogen and oxygen atoms in total. The van der Waals surface area contributed by atoms with Crippen molar-refractivity contribution in [1.82, 2.24) is 10.2 Å². The Labute approximate surface area is 84.3 Å². The minimum Gasteiger partial charge on any atom is -0.480 e. The normalized spacial score (nSPS) is 39.1. The third-order valence-corrected chi connectivity index (χ3v) is 3.39. The van der Waals surface area contributed by atoms with Crippen LogP contribution < -0.4 is 5.32 Å². The summed E-state index contributed by atoms with van der Waals surface area (Å²) in [6.45, 7) is 4.64. The second-order valence-electron chi connectivity index (χ2n) is 4.53. The van der Waals surface area contributed by atoms with Gasteiger partial charge in [0, 0.05) is 25.7 Å². The summed E-state index contributed by atoms with van der Waals surface area (Å²) in [6, 6.07) is 0.217. The molecule has 80 valence electrons. The highest BCUT2D eigenvalue weighted by Crippen LogP contribution is 2.32. The van der Waals surface area contributed by atoms with Crippen molar-refractivity contribution in [2.24, 2.45) is 5.92 Å². The van der Waals surface area contributed by atoms with Gasteiger partial charge in [-0.25, -0.2) is 0 Å². The molecule has 1 atom stereocenters. The van der Waals surface area contributed by atoms with Crippen LogP contribution in [0.3, 0.4) is 0 Å². The van der Waals surface area contributed by atoms with Crippen LogP contribution in [0.5, 0.6) is 0 Å². The predicted octanol–water partition coefficient (Wildman–Crippen LogP) is 0.143. The van der Waals surface area contributed by atoms with E-state index in [0.717, 1.165) is 19.0 Å². The number of carboxylic acid groups (broad SMARTS) is 1. The zero-order valence-corrected chi connectivity index (χ0v) is 8.57. The molecule has 0 aromatic rings. The number of aliphatic carboxylic acids is 1. The van der Waals surface area contributed by atoms with E-state index in [9.17, 15) is 4.79 Å². The second kappa shape index (κ2) is 3.87. The fourth-order valence-corrected chi connectivity index (χ4v) is 2.52. The van der Waals surface area contributed by atoms with Crippen LogP contribution in [0.15, 0.2) is 0 Å². The maximum Gasteiger partial charge on any atom is 0.322 e. The standard InChI is InChI=1S/C10H18N2O2/c1-7-4-8(5-7)12-3-2-11-6-9(12)10(13)14/h7-9,11H,2-6H2,1H3,(H,13,14). The topological polar surface area (TPSA) is 52.6 Å². The number of carbonyl (C=O) groups is 1. The summed E-state index contributed by atoms with van der Waals surface area (Å²) in [4.78, 5) is 13.2. The molecule has 2 N–H and O–H groups in total. The summed E-state index contributed by atoms with van der Waals surface area (Å²) in [6.07, 6.45) is 2.34. The van der Waals surface area contributed by atoms with Crippen molar-refractivity contribution in [3.05, 3.63) is 0 Å². The Balaban J connectivity index is 1.96. The summed E-state index contributed by atoms with van der Waals surface area (Å²) in [7, 11) is 0. The summed E-state index contributed by atoms with van der Waals surface area (Å²) in [5.74, 6) is 0.0982. The predicted molar refractivity (Wildman–Crippen MR) is 53.2 cm³/mol. The molecule has 0 spiro atoms. The molecule has 0 aromatic carbocycles. The van der Waals surface area contributed by atoms with Crippen molar-refractivity contribution in [2.75, 3.05) is 19.6 Å². The van der Waals surface area contributed by atoms with Crippen LogP contribution in [0.4, 0.5) is 0 Å². The van der Waals surface area contributed by atoms with Gasteiger partial charge < -0.3 is 10.4 Å². The number of nitrogens with one attached hydrogen (secondary N) is 1. The molecule has 0 radical (unpaired) electrons. The van der Waals surface area contributed by atoms with Crippen molar-refractivity contribution in [2.45, 2.75) is 31.8 Å². The molecule has 2 aliphatic rings. The van der Waals surface area contributed by atoms with Gasteiger partial charge in [-0.15, -0.1) is 0 Å². The van der Waals surface area contributed by atoms with E-state index >= 15 is 0 Å². The monoisotopic (exact) mass is 198 g/mol. The molecule has 0 aromatic heterocycles. The lowest BCUT2D eigenvalue weighted by atomic mass is 9.80. The van der Waals surface area contributed by atoms with Crippen molar-refractivity contribution >= 4 is 5.97 Å². The molecular weight excluding hydrogens is 180 g/mol. The van der Waals surface area contributed by atoms with E-state index in [1.807, 2.05) is 0 Å². The van der Waals surface area contributed by atoms with E-state index in [2.05, 4.69) is 17.1 Å². The van der Waals surface area contributed by atoms with E-state index in [0.29, 0.717) is 12.6 Å². The SMILES string of the molecule is CC1CC(N2CCNCC2C(=O)O)C1. The van der Waals surface area contributed by atoms with Crippen LogP contribution in [-0.2, 0) is 4.79 Å². The van der Waals surface area contributed by atoms with Crippen molar-refractivity contribution < 1.29 is 9.90 Å². The van der Waals surface area contributed by atoms with Gasteiger partial charge in [-0.05, 0) is 18.8 Å². The molecule has 1 unspecified atom stereocenters. The van der Waals surface area contributed by atoms with Gasteiger partial charge in [0.15, 0.2) is 0 Å². The fourth-order valence-electron chi connectivity index (χ4n) is 2.52. The van der Waals surface area contributed by atoms with Gasteiger partial charge in [0.1, 0.15) is 6.04 Å². The van der Waals surface area contributed by atoms with Crippen molar-refractivity contribution in [3.63, 3.8) is 0 Å². The lowest BCUT2D eigenvalue weighted by molar-refractivity contribution is -0.146. The highest BCUT2D eigenvalue weighted by Gasteiger charge is 2.38. The van der Waals surface area contributed by atoms with Crippen LogP contribution in [0.1, 0.15) is 19.8 Å². The Kier molecular flexibility index (Phi) is 2.74.